The molecule has 260 valence electrons. The van der Waals surface area contributed by atoms with E-state index in [1.165, 1.54) is 19.1 Å². The average molecular weight is 667 g/mol. The normalized spacial score (nSPS) is 12.7. The molecule has 2 aromatic carbocycles. The number of hydrogen-bond acceptors (Lipinski definition) is 7. The highest BCUT2D eigenvalue weighted by molar-refractivity contribution is 5.95. The molecule has 0 spiro atoms. The molecule has 0 bridgehead atoms. The van der Waals surface area contributed by atoms with E-state index >= 15 is 0 Å². The fourth-order valence-corrected chi connectivity index (χ4v) is 5.06. The van der Waals surface area contributed by atoms with Crippen LogP contribution in [0.15, 0.2) is 52.4 Å². The highest BCUT2D eigenvalue weighted by Crippen LogP contribution is 2.21. The van der Waals surface area contributed by atoms with Crippen LogP contribution in [0.2, 0.25) is 0 Å². The number of Topliss-reactive ketones (excluding diaryl/α,β-unsaturated/α-hetero) is 2. The minimum Gasteiger partial charge on any atom is -0.384 e. The topological polar surface area (TPSA) is 271 Å². The molecule has 2 rings (SSSR count). The number of guanidine groups is 2. The van der Waals surface area contributed by atoms with E-state index in [1.54, 1.807) is 38.1 Å². The predicted molar refractivity (Wildman–Crippen MR) is 183 cm³/mol. The molecule has 0 saturated carbocycles. The van der Waals surface area contributed by atoms with Gasteiger partial charge in [-0.05, 0) is 55.9 Å². The van der Waals surface area contributed by atoms with Crippen LogP contribution in [-0.4, -0.2) is 53.7 Å². The molecule has 14 nitrogen and oxygen atoms in total. The third-order valence-electron chi connectivity index (χ3n) is 7.53. The van der Waals surface area contributed by atoms with Gasteiger partial charge in [0.25, 0.3) is 0 Å². The molecule has 0 aromatic heterocycles. The average Bonchev–Trinajstić information content (AvgIpc) is 3.00. The molecule has 15 heteroatoms. The Hall–Kier alpha value is -5.34. The van der Waals surface area contributed by atoms with Gasteiger partial charge in [0.1, 0.15) is 17.4 Å². The molecule has 0 fully saturated rings. The second-order valence-corrected chi connectivity index (χ2v) is 12.0. The first-order chi connectivity index (χ1) is 22.6. The summed E-state index contributed by atoms with van der Waals surface area (Å²) in [5, 5.41) is 13.0. The van der Waals surface area contributed by atoms with Gasteiger partial charge in [0.15, 0.2) is 17.7 Å². The predicted octanol–water partition coefficient (Wildman–Crippen LogP) is 1.24. The van der Waals surface area contributed by atoms with E-state index < -0.39 is 35.5 Å². The summed E-state index contributed by atoms with van der Waals surface area (Å²) >= 11 is 0. The van der Waals surface area contributed by atoms with Gasteiger partial charge in [-0.2, -0.15) is 0 Å². The molecular weight excluding hydrogens is 619 g/mol. The van der Waals surface area contributed by atoms with Gasteiger partial charge in [-0.1, -0.05) is 38.1 Å². The second kappa shape index (κ2) is 18.7. The smallest absolute Gasteiger partial charge is 0.224 e. The quantitative estimate of drug-likeness (QED) is 0.0608. The van der Waals surface area contributed by atoms with Crippen molar-refractivity contribution < 1.29 is 23.6 Å². The highest BCUT2D eigenvalue weighted by atomic mass is 19.1. The summed E-state index contributed by atoms with van der Waals surface area (Å²) in [7, 11) is 0. The van der Waals surface area contributed by atoms with Gasteiger partial charge in [-0.25, -0.2) is 9.38 Å². The lowest BCUT2D eigenvalue weighted by atomic mass is 9.87. The molecule has 0 aliphatic rings. The largest absolute Gasteiger partial charge is 0.384 e. The zero-order valence-electron chi connectivity index (χ0n) is 27.6. The van der Waals surface area contributed by atoms with Gasteiger partial charge < -0.3 is 44.1 Å². The molecule has 0 heterocycles. The number of carbonyl (C=O) groups is 4. The number of nitrogens with two attached hydrogens (primary N) is 5. The summed E-state index contributed by atoms with van der Waals surface area (Å²) in [6.45, 7) is 5.04. The Morgan fingerprint density at radius 2 is 1.56 bits per heavy atom. The first kappa shape index (κ1) is 38.8. The van der Waals surface area contributed by atoms with Crippen molar-refractivity contribution in [3.63, 3.8) is 0 Å². The van der Waals surface area contributed by atoms with E-state index in [4.69, 9.17) is 34.1 Å². The molecule has 3 atom stereocenters. The number of hydrogen-bond donors (Lipinski definition) is 8. The van der Waals surface area contributed by atoms with Gasteiger partial charge >= 0.3 is 0 Å². The molecule has 48 heavy (non-hydrogen) atoms. The van der Waals surface area contributed by atoms with Crippen molar-refractivity contribution >= 4 is 46.8 Å². The van der Waals surface area contributed by atoms with Crippen molar-refractivity contribution in [2.75, 3.05) is 6.54 Å². The molecule has 2 amide bonds. The van der Waals surface area contributed by atoms with Crippen molar-refractivity contribution in [2.24, 2.45) is 56.4 Å². The van der Waals surface area contributed by atoms with Crippen LogP contribution < -0.4 is 39.3 Å². The van der Waals surface area contributed by atoms with E-state index in [0.29, 0.717) is 24.1 Å². The molecule has 0 saturated heterocycles. The number of rotatable bonds is 19. The number of halogens is 1. The van der Waals surface area contributed by atoms with E-state index in [9.17, 15) is 23.6 Å². The van der Waals surface area contributed by atoms with Crippen LogP contribution in [0.5, 0.6) is 0 Å². The lowest BCUT2D eigenvalue weighted by Crippen LogP contribution is -2.48. The Bertz CT molecular complexity index is 1520. The van der Waals surface area contributed by atoms with Crippen LogP contribution in [0, 0.1) is 29.0 Å². The fourth-order valence-electron chi connectivity index (χ4n) is 5.06. The van der Waals surface area contributed by atoms with Crippen molar-refractivity contribution in [3.8, 4) is 0 Å². The Morgan fingerprint density at radius 1 is 0.896 bits per heavy atom. The van der Waals surface area contributed by atoms with Crippen LogP contribution in [-0.2, 0) is 32.1 Å². The van der Waals surface area contributed by atoms with E-state index in [2.05, 4.69) is 20.6 Å². The minimum absolute atomic E-state index is 0.0164. The SMILES string of the molecule is CC(=O)C[C@@H](CCCN=C(N)N)C(=O)N[C@H](C(=O)C[C@@H](Cc1ccc(N=C(N)N)cc1)C(=O)NCc1ccc(C(=N)N)cc1F)C(C)C. The molecule has 2 aromatic rings. The van der Waals surface area contributed by atoms with Crippen molar-refractivity contribution in [1.29, 1.82) is 5.41 Å². The molecular formula is C33H47FN10O4. The standard InChI is InChI=1S/C33H47FN10O4/c1-18(2)28(44-31(48)22(13-19(3)45)5-4-12-41-32(37)38)27(46)16-24(14-20-6-10-25(11-7-20)43-33(39)40)30(47)42-17-23-9-8-21(29(35)36)15-26(23)34/h6-11,15,18,22,24,28H,4-5,12-14,16-17H2,1-3H3,(H3,35,36)(H,42,47)(H,44,48)(H4,37,38,41)(H4,39,40,43)/t22-,24-,28+/m1/s1. The lowest BCUT2D eigenvalue weighted by molar-refractivity contribution is -0.134. The minimum atomic E-state index is -0.944. The second-order valence-electron chi connectivity index (χ2n) is 12.0. The van der Waals surface area contributed by atoms with Gasteiger partial charge in [0.2, 0.25) is 11.8 Å². The van der Waals surface area contributed by atoms with Gasteiger partial charge in [-0.15, -0.1) is 0 Å². The number of carbonyl (C=O) groups excluding carboxylic acids is 4. The Kier molecular flexibility index (Phi) is 15.1. The summed E-state index contributed by atoms with van der Waals surface area (Å²) in [6, 6.07) is 9.84. The maximum absolute atomic E-state index is 14.7. The van der Waals surface area contributed by atoms with E-state index in [-0.39, 0.29) is 78.7 Å². The van der Waals surface area contributed by atoms with Crippen LogP contribution in [0.25, 0.3) is 0 Å². The first-order valence-electron chi connectivity index (χ1n) is 15.5. The molecule has 0 unspecified atom stereocenters. The van der Waals surface area contributed by atoms with Gasteiger partial charge in [0, 0.05) is 48.9 Å². The number of aliphatic imine (C=N–C) groups is 2. The number of ketones is 2. The van der Waals surface area contributed by atoms with E-state index in [0.717, 1.165) is 6.07 Å². The van der Waals surface area contributed by atoms with Gasteiger partial charge in [0.05, 0.1) is 11.7 Å². The summed E-state index contributed by atoms with van der Waals surface area (Å²) in [5.41, 5.74) is 28.7. The Labute approximate surface area is 279 Å². The summed E-state index contributed by atoms with van der Waals surface area (Å²) in [4.78, 5) is 60.5. The van der Waals surface area contributed by atoms with Crippen LogP contribution in [0.4, 0.5) is 10.1 Å². The monoisotopic (exact) mass is 666 g/mol. The summed E-state index contributed by atoms with van der Waals surface area (Å²) < 4.78 is 14.7. The molecule has 0 aliphatic carbocycles. The molecule has 0 aliphatic heterocycles. The number of nitrogens with zero attached hydrogens (tertiary/aromatic N) is 2. The number of benzene rings is 2. The zero-order valence-corrected chi connectivity index (χ0v) is 27.6. The summed E-state index contributed by atoms with van der Waals surface area (Å²) in [5.74, 6) is -4.58. The third kappa shape index (κ3) is 13.2. The molecule has 0 radical (unpaired) electrons. The fraction of sp³-hybridized carbons (Fsp3) is 0.424. The number of amides is 2. The first-order valence-corrected chi connectivity index (χ1v) is 15.5. The highest BCUT2D eigenvalue weighted by Gasteiger charge is 2.32. The third-order valence-corrected chi connectivity index (χ3v) is 7.53. The van der Waals surface area contributed by atoms with Crippen molar-refractivity contribution in [2.45, 2.75) is 65.5 Å². The van der Waals surface area contributed by atoms with Crippen molar-refractivity contribution in [1.82, 2.24) is 10.6 Å². The maximum atomic E-state index is 14.7. The Balaban J connectivity index is 2.28. The van der Waals surface area contributed by atoms with E-state index in [1.807, 2.05) is 0 Å². The zero-order chi connectivity index (χ0) is 36.0. The van der Waals surface area contributed by atoms with Crippen LogP contribution in [0.1, 0.15) is 63.1 Å². The van der Waals surface area contributed by atoms with Crippen molar-refractivity contribution in [3.05, 3.63) is 65.0 Å². The molecule has 13 N–H and O–H groups in total. The number of nitrogens with one attached hydrogen (secondary N) is 3. The van der Waals surface area contributed by atoms with Crippen LogP contribution in [0.3, 0.4) is 0 Å². The maximum Gasteiger partial charge on any atom is 0.224 e. The Morgan fingerprint density at radius 3 is 2.10 bits per heavy atom. The lowest BCUT2D eigenvalue weighted by Gasteiger charge is -2.26. The number of nitrogen functional groups attached to an aromatic ring is 1. The number of amidine groups is 1. The van der Waals surface area contributed by atoms with Gasteiger partial charge in [-0.3, -0.25) is 24.8 Å². The summed E-state index contributed by atoms with van der Waals surface area (Å²) in [6.07, 6.45) is 0.662. The van der Waals surface area contributed by atoms with Crippen LogP contribution >= 0.6 is 0 Å².